The molecule has 0 aromatic rings. The number of phosphoric acid groups is 3. The van der Waals surface area contributed by atoms with Crippen molar-refractivity contribution >= 4 is 35.3 Å². The Hall–Kier alpha value is -1.29. The maximum absolute atomic E-state index is 12.9. The standard InChI is InChI=1S/C27H53N2O28P3/c1-11(33)28-19-22(40)24(17(4-31)54-26(19)42)56-27-20(29-12(2)34)23(41)25(18(5-32)55-27)57-60(47,48)52-9-14(36)8-50-58(43,44)49-6-13(35)7-51-59(45,46)53-10-16(38)21(39)15(37)3-30/h13-27,30-32,35-42H,3-10H2,1-2H3,(H,28,33)(H,29,34)(H,43,44)(H,45,46)(H,47,48)/t13-,14+,15+,16-,17+,18+,19+,20+,21+,22+,23+,24+,25+,26-,27-/m0/s1. The largest absolute Gasteiger partial charge is 0.472 e. The minimum atomic E-state index is -5.40. The van der Waals surface area contributed by atoms with Crippen LogP contribution in [-0.4, -0.2) is 227 Å². The molecule has 0 bridgehead atoms. The maximum atomic E-state index is 12.9. The van der Waals surface area contributed by atoms with Crippen molar-refractivity contribution in [1.29, 1.82) is 0 Å². The Balaban J connectivity index is 1.95. The van der Waals surface area contributed by atoms with Crippen molar-refractivity contribution in [2.24, 2.45) is 0 Å². The SMILES string of the molecule is CC(=O)N[C@@H]1[C@@H](O)[C@H](O[C@@H]2O[C@H](CO)[C@@H](OP(=O)(O)OC[C@H](O)COP(=O)(O)OC[C@H](O)COP(=O)(O)OC[C@H](O)[C@H](O)[C@H](O)CO)[C@H](O)[C@H]2NC(C)=O)[C@@H](CO)O[C@@H]1O. The van der Waals surface area contributed by atoms with E-state index in [1.165, 1.54) is 0 Å². The number of hydrogen-bond donors (Lipinski definition) is 16. The zero-order chi connectivity index (χ0) is 45.7. The highest BCUT2D eigenvalue weighted by Crippen LogP contribution is 2.48. The summed E-state index contributed by atoms with van der Waals surface area (Å²) in [6, 6.07) is -3.24. The number of hydrogen-bond acceptors (Lipinski definition) is 25. The Labute approximate surface area is 339 Å². The van der Waals surface area contributed by atoms with Crippen LogP contribution < -0.4 is 10.6 Å². The quantitative estimate of drug-likeness (QED) is 0.0358. The minimum absolute atomic E-state index is 0.705. The van der Waals surface area contributed by atoms with Crippen molar-refractivity contribution in [3.8, 4) is 0 Å². The van der Waals surface area contributed by atoms with Gasteiger partial charge in [-0.2, -0.15) is 0 Å². The molecule has 0 aromatic carbocycles. The molecule has 0 saturated carbocycles. The van der Waals surface area contributed by atoms with Crippen molar-refractivity contribution in [1.82, 2.24) is 10.6 Å². The van der Waals surface area contributed by atoms with Gasteiger partial charge in [0.1, 0.15) is 79.2 Å². The molecule has 2 amide bonds. The third kappa shape index (κ3) is 17.7. The summed E-state index contributed by atoms with van der Waals surface area (Å²) in [4.78, 5) is 53.5. The molecule has 60 heavy (non-hydrogen) atoms. The summed E-state index contributed by atoms with van der Waals surface area (Å²) in [6.07, 6.45) is -24.1. The van der Waals surface area contributed by atoms with Gasteiger partial charge in [0.25, 0.3) is 0 Å². The first kappa shape index (κ1) is 54.8. The first-order valence-electron chi connectivity index (χ1n) is 17.4. The van der Waals surface area contributed by atoms with Gasteiger partial charge < -0.3 is 95.7 Å². The number of rotatable bonds is 26. The molecule has 2 aliphatic rings. The fourth-order valence-electron chi connectivity index (χ4n) is 5.21. The molecular weight excluding hydrogens is 893 g/mol. The van der Waals surface area contributed by atoms with Crippen molar-refractivity contribution in [3.05, 3.63) is 0 Å². The van der Waals surface area contributed by atoms with Crippen LogP contribution in [0.15, 0.2) is 0 Å². The van der Waals surface area contributed by atoms with Gasteiger partial charge in [0, 0.05) is 13.8 Å². The Bertz CT molecular complexity index is 1480. The number of ether oxygens (including phenoxy) is 3. The molecule has 18 atom stereocenters. The van der Waals surface area contributed by atoms with Crippen molar-refractivity contribution in [2.75, 3.05) is 52.9 Å². The maximum Gasteiger partial charge on any atom is 0.472 e. The fraction of sp³-hybridized carbons (Fsp3) is 0.926. The van der Waals surface area contributed by atoms with Gasteiger partial charge in [-0.25, -0.2) is 13.7 Å². The zero-order valence-corrected chi connectivity index (χ0v) is 34.3. The summed E-state index contributed by atoms with van der Waals surface area (Å²) in [5.74, 6) is -1.54. The topological polar surface area (TPSA) is 476 Å². The first-order chi connectivity index (χ1) is 27.8. The van der Waals surface area contributed by atoms with Gasteiger partial charge in [-0.1, -0.05) is 0 Å². The summed E-state index contributed by atoms with van der Waals surface area (Å²) in [5.41, 5.74) is 0. The molecule has 0 spiro atoms. The monoisotopic (exact) mass is 946 g/mol. The molecule has 2 saturated heterocycles. The Morgan fingerprint density at radius 2 is 1.03 bits per heavy atom. The normalized spacial score (nSPS) is 32.9. The molecule has 0 aromatic heterocycles. The van der Waals surface area contributed by atoms with E-state index in [0.717, 1.165) is 13.8 Å². The number of phosphoric ester groups is 3. The number of carbonyl (C=O) groups is 2. The van der Waals surface area contributed by atoms with Gasteiger partial charge in [0.2, 0.25) is 11.8 Å². The third-order valence-corrected chi connectivity index (χ3v) is 11.0. The molecule has 2 rings (SSSR count). The van der Waals surface area contributed by atoms with Crippen LogP contribution in [0, 0.1) is 0 Å². The zero-order valence-electron chi connectivity index (χ0n) is 31.6. The van der Waals surface area contributed by atoms with E-state index in [1.807, 2.05) is 0 Å². The number of aliphatic hydroxyl groups excluding tert-OH is 11. The van der Waals surface area contributed by atoms with E-state index in [1.54, 1.807) is 0 Å². The van der Waals surface area contributed by atoms with Gasteiger partial charge in [-0.3, -0.25) is 36.7 Å². The molecule has 354 valence electrons. The smallest absolute Gasteiger partial charge is 0.394 e. The van der Waals surface area contributed by atoms with Gasteiger partial charge in [0.15, 0.2) is 12.6 Å². The summed E-state index contributed by atoms with van der Waals surface area (Å²) in [7, 11) is -15.6. The average Bonchev–Trinajstić information content (AvgIpc) is 3.17. The first-order valence-corrected chi connectivity index (χ1v) is 21.9. The lowest BCUT2D eigenvalue weighted by Gasteiger charge is -2.48. The van der Waals surface area contributed by atoms with Gasteiger partial charge >= 0.3 is 23.5 Å². The lowest BCUT2D eigenvalue weighted by molar-refractivity contribution is -0.326. The Morgan fingerprint density at radius 1 is 0.617 bits per heavy atom. The lowest BCUT2D eigenvalue weighted by atomic mass is 9.94. The molecule has 3 unspecified atom stereocenters. The second-order valence-electron chi connectivity index (χ2n) is 13.1. The summed E-state index contributed by atoms with van der Waals surface area (Å²) in [5, 5.41) is 114. The highest BCUT2D eigenvalue weighted by Gasteiger charge is 2.53. The number of carbonyl (C=O) groups excluding carboxylic acids is 2. The Morgan fingerprint density at radius 3 is 1.48 bits per heavy atom. The van der Waals surface area contributed by atoms with Crippen LogP contribution in [0.4, 0.5) is 0 Å². The highest BCUT2D eigenvalue weighted by molar-refractivity contribution is 7.48. The van der Waals surface area contributed by atoms with E-state index in [-0.39, 0.29) is 0 Å². The van der Waals surface area contributed by atoms with Crippen LogP contribution >= 0.6 is 23.5 Å². The molecule has 2 fully saturated rings. The van der Waals surface area contributed by atoms with E-state index in [2.05, 4.69) is 33.3 Å². The van der Waals surface area contributed by atoms with E-state index in [9.17, 15) is 89.0 Å². The lowest BCUT2D eigenvalue weighted by Crippen LogP contribution is -2.69. The second kappa shape index (κ2) is 24.7. The predicted octanol–water partition coefficient (Wildman–Crippen LogP) is -7.90. The van der Waals surface area contributed by atoms with E-state index in [4.69, 9.17) is 23.8 Å². The van der Waals surface area contributed by atoms with Gasteiger partial charge in [-0.05, 0) is 0 Å². The molecule has 2 heterocycles. The highest BCUT2D eigenvalue weighted by atomic mass is 31.2. The second-order valence-corrected chi connectivity index (χ2v) is 17.4. The fourth-order valence-corrected chi connectivity index (χ4v) is 7.77. The third-order valence-electron chi connectivity index (χ3n) is 8.12. The molecule has 33 heteroatoms. The van der Waals surface area contributed by atoms with Crippen molar-refractivity contribution in [3.63, 3.8) is 0 Å². The summed E-state index contributed by atoms with van der Waals surface area (Å²) < 4.78 is 80.9. The van der Waals surface area contributed by atoms with Crippen LogP contribution in [0.3, 0.4) is 0 Å². The van der Waals surface area contributed by atoms with E-state index in [0.29, 0.717) is 0 Å². The summed E-state index contributed by atoms with van der Waals surface area (Å²) in [6.45, 7) is -6.46. The van der Waals surface area contributed by atoms with Crippen LogP contribution in [-0.2, 0) is 64.6 Å². The predicted molar refractivity (Wildman–Crippen MR) is 187 cm³/mol. The van der Waals surface area contributed by atoms with E-state index >= 15 is 0 Å². The number of nitrogens with one attached hydrogen (secondary N) is 2. The van der Waals surface area contributed by atoms with Crippen molar-refractivity contribution in [2.45, 2.75) is 106 Å². The molecule has 2 aliphatic heterocycles. The molecule has 0 aliphatic carbocycles. The number of aliphatic hydroxyl groups is 11. The van der Waals surface area contributed by atoms with Crippen LogP contribution in [0.25, 0.3) is 0 Å². The molecule has 16 N–H and O–H groups in total. The van der Waals surface area contributed by atoms with E-state index < -0.39 is 180 Å². The summed E-state index contributed by atoms with van der Waals surface area (Å²) >= 11 is 0. The average molecular weight is 947 g/mol. The van der Waals surface area contributed by atoms with Crippen LogP contribution in [0.1, 0.15) is 13.8 Å². The minimum Gasteiger partial charge on any atom is -0.394 e. The Kier molecular flexibility index (Phi) is 22.6. The van der Waals surface area contributed by atoms with Crippen LogP contribution in [0.5, 0.6) is 0 Å². The molecular formula is C27H53N2O28P3. The van der Waals surface area contributed by atoms with Crippen molar-refractivity contribution < 1.29 is 135 Å². The molecule has 0 radical (unpaired) electrons. The van der Waals surface area contributed by atoms with Gasteiger partial charge in [-0.15, -0.1) is 0 Å². The molecule has 30 nitrogen and oxygen atoms in total. The number of amides is 2. The van der Waals surface area contributed by atoms with Crippen LogP contribution in [0.2, 0.25) is 0 Å². The van der Waals surface area contributed by atoms with Gasteiger partial charge in [0.05, 0.1) is 52.9 Å².